The maximum atomic E-state index is 10.4. The van der Waals surface area contributed by atoms with Crippen LogP contribution in [0.5, 0.6) is 0 Å². The van der Waals surface area contributed by atoms with Crippen molar-refractivity contribution in [1.29, 1.82) is 0 Å². The SMILES string of the molecule is C=C/C=C(\C=CCC)C1OCC2OC(C(/C=C\C)=C/CC)OC(C(O)CO)C2O1.CC.CC. The van der Waals surface area contributed by atoms with E-state index >= 15 is 0 Å². The van der Waals surface area contributed by atoms with Crippen molar-refractivity contribution in [2.75, 3.05) is 13.2 Å². The van der Waals surface area contributed by atoms with Gasteiger partial charge in [0, 0.05) is 11.1 Å². The molecule has 2 aliphatic heterocycles. The Balaban J connectivity index is 0.00000242. The van der Waals surface area contributed by atoms with Gasteiger partial charge in [0.15, 0.2) is 12.6 Å². The monoisotopic (exact) mass is 466 g/mol. The fourth-order valence-electron chi connectivity index (χ4n) is 3.38. The highest BCUT2D eigenvalue weighted by Crippen LogP contribution is 2.33. The zero-order chi connectivity index (χ0) is 25.2. The lowest BCUT2D eigenvalue weighted by molar-refractivity contribution is -0.353. The Morgan fingerprint density at radius 2 is 1.70 bits per heavy atom. The molecule has 6 unspecified atom stereocenters. The smallest absolute Gasteiger partial charge is 0.184 e. The van der Waals surface area contributed by atoms with Gasteiger partial charge in [0.2, 0.25) is 0 Å². The van der Waals surface area contributed by atoms with Gasteiger partial charge in [-0.15, -0.1) is 0 Å². The first-order chi connectivity index (χ1) is 16.1. The molecule has 0 saturated carbocycles. The third-order valence-electron chi connectivity index (χ3n) is 4.73. The number of hydrogen-bond acceptors (Lipinski definition) is 6. The fraction of sp³-hybridized carbons (Fsp3) is 0.630. The summed E-state index contributed by atoms with van der Waals surface area (Å²) in [5.41, 5.74) is 1.68. The van der Waals surface area contributed by atoms with Crippen LogP contribution in [0.25, 0.3) is 0 Å². The first-order valence-electron chi connectivity index (χ1n) is 12.3. The zero-order valence-corrected chi connectivity index (χ0v) is 21.6. The van der Waals surface area contributed by atoms with Crippen LogP contribution in [-0.2, 0) is 18.9 Å². The summed E-state index contributed by atoms with van der Waals surface area (Å²) in [5.74, 6) is 0. The molecule has 6 nitrogen and oxygen atoms in total. The zero-order valence-electron chi connectivity index (χ0n) is 21.6. The fourth-order valence-corrected chi connectivity index (χ4v) is 3.38. The minimum atomic E-state index is -1.10. The van der Waals surface area contributed by atoms with Gasteiger partial charge in [-0.2, -0.15) is 0 Å². The lowest BCUT2D eigenvalue weighted by atomic mass is 9.99. The van der Waals surface area contributed by atoms with Crippen LogP contribution in [0.15, 0.2) is 60.3 Å². The number of hydrogen-bond donors (Lipinski definition) is 2. The molecule has 0 amide bonds. The molecule has 190 valence electrons. The van der Waals surface area contributed by atoms with Gasteiger partial charge in [0.05, 0.1) is 13.2 Å². The first-order valence-corrected chi connectivity index (χ1v) is 12.3. The molecule has 2 N–H and O–H groups in total. The normalized spacial score (nSPS) is 28.9. The molecule has 2 rings (SSSR count). The third kappa shape index (κ3) is 9.69. The highest BCUT2D eigenvalue weighted by molar-refractivity contribution is 5.26. The summed E-state index contributed by atoms with van der Waals surface area (Å²) in [7, 11) is 0. The van der Waals surface area contributed by atoms with E-state index in [0.717, 1.165) is 24.0 Å². The number of ether oxygens (including phenoxy) is 4. The van der Waals surface area contributed by atoms with Crippen LogP contribution < -0.4 is 0 Å². The van der Waals surface area contributed by atoms with Gasteiger partial charge in [-0.1, -0.05) is 90.7 Å². The average Bonchev–Trinajstić information content (AvgIpc) is 2.87. The van der Waals surface area contributed by atoms with Crippen molar-refractivity contribution in [2.24, 2.45) is 0 Å². The number of rotatable bonds is 9. The Hall–Kier alpha value is -1.54. The van der Waals surface area contributed by atoms with E-state index in [-0.39, 0.29) is 6.61 Å². The number of aliphatic hydroxyl groups is 2. The number of allylic oxidation sites excluding steroid dienone is 5. The van der Waals surface area contributed by atoms with Gasteiger partial charge in [-0.3, -0.25) is 0 Å². The molecule has 6 atom stereocenters. The number of fused-ring (bicyclic) bond motifs is 1. The molecule has 0 radical (unpaired) electrons. The lowest BCUT2D eigenvalue weighted by Crippen LogP contribution is -2.61. The summed E-state index contributed by atoms with van der Waals surface area (Å²) in [6, 6.07) is 0. The molecule has 0 aromatic rings. The first kappa shape index (κ1) is 31.5. The highest BCUT2D eigenvalue weighted by atomic mass is 16.8. The van der Waals surface area contributed by atoms with Gasteiger partial charge in [-0.25, -0.2) is 0 Å². The summed E-state index contributed by atoms with van der Waals surface area (Å²) < 4.78 is 24.2. The molecule has 0 spiro atoms. The summed E-state index contributed by atoms with van der Waals surface area (Å²) >= 11 is 0. The van der Waals surface area contributed by atoms with Crippen LogP contribution in [0, 0.1) is 0 Å². The van der Waals surface area contributed by atoms with E-state index in [4.69, 9.17) is 18.9 Å². The van der Waals surface area contributed by atoms with Crippen LogP contribution in [-0.4, -0.2) is 60.4 Å². The molecule has 0 aliphatic carbocycles. The Morgan fingerprint density at radius 1 is 1.00 bits per heavy atom. The molecular weight excluding hydrogens is 420 g/mol. The van der Waals surface area contributed by atoms with Crippen LogP contribution in [0.4, 0.5) is 0 Å². The average molecular weight is 467 g/mol. The van der Waals surface area contributed by atoms with Crippen LogP contribution in [0.3, 0.4) is 0 Å². The molecule has 2 saturated heterocycles. The molecule has 33 heavy (non-hydrogen) atoms. The van der Waals surface area contributed by atoms with E-state index in [9.17, 15) is 10.2 Å². The quantitative estimate of drug-likeness (QED) is 0.453. The van der Waals surface area contributed by atoms with Crippen molar-refractivity contribution in [1.82, 2.24) is 0 Å². The van der Waals surface area contributed by atoms with Gasteiger partial charge >= 0.3 is 0 Å². The maximum Gasteiger partial charge on any atom is 0.184 e. The summed E-state index contributed by atoms with van der Waals surface area (Å²) in [6.45, 7) is 17.6. The van der Waals surface area contributed by atoms with Gasteiger partial charge in [0.25, 0.3) is 0 Å². The minimum Gasteiger partial charge on any atom is -0.394 e. The summed E-state index contributed by atoms with van der Waals surface area (Å²) in [6.07, 6.45) is 10.9. The highest BCUT2D eigenvalue weighted by Gasteiger charge is 2.48. The van der Waals surface area contributed by atoms with E-state index in [2.05, 4.69) is 6.58 Å². The van der Waals surface area contributed by atoms with Crippen molar-refractivity contribution in [3.05, 3.63) is 60.3 Å². The standard InChI is InChI=1S/C23H34O6.2C2H6/c1-5-9-13-17(12-8-4)22-26-15-19-21(29-22)20(18(25)14-24)28-23(27-19)16(10-6-2)11-7-3;2*1-2/h6,8-13,18-25H,4-5,7,14-15H2,1-3H3;2*1-2H3/b10-6-,13-9?,16-11+,17-12+;;. The van der Waals surface area contributed by atoms with Gasteiger partial charge in [0.1, 0.15) is 24.4 Å². The Kier molecular flexibility index (Phi) is 18.0. The molecule has 2 heterocycles. The van der Waals surface area contributed by atoms with Crippen LogP contribution >= 0.6 is 0 Å². The van der Waals surface area contributed by atoms with E-state index in [1.165, 1.54) is 0 Å². The summed E-state index contributed by atoms with van der Waals surface area (Å²) in [4.78, 5) is 0. The Labute approximate surface area is 201 Å². The van der Waals surface area contributed by atoms with Crippen LogP contribution in [0.2, 0.25) is 0 Å². The second-order valence-corrected chi connectivity index (χ2v) is 6.95. The topological polar surface area (TPSA) is 77.4 Å². The molecule has 0 aromatic heterocycles. The Bertz CT molecular complexity index is 637. The summed E-state index contributed by atoms with van der Waals surface area (Å²) in [5, 5.41) is 20.0. The second kappa shape index (κ2) is 18.8. The lowest BCUT2D eigenvalue weighted by Gasteiger charge is -2.47. The van der Waals surface area contributed by atoms with E-state index in [1.807, 2.05) is 84.9 Å². The van der Waals surface area contributed by atoms with Crippen molar-refractivity contribution in [2.45, 2.75) is 98.3 Å². The number of aliphatic hydroxyl groups excluding tert-OH is 2. The molecular formula is C27H46O6. The molecule has 0 aromatic carbocycles. The predicted octanol–water partition coefficient (Wildman–Crippen LogP) is 5.23. The second-order valence-electron chi connectivity index (χ2n) is 6.95. The maximum absolute atomic E-state index is 10.4. The molecule has 6 heteroatoms. The van der Waals surface area contributed by atoms with Crippen LogP contribution in [0.1, 0.15) is 61.3 Å². The van der Waals surface area contributed by atoms with Gasteiger partial charge < -0.3 is 29.2 Å². The van der Waals surface area contributed by atoms with E-state index in [1.54, 1.807) is 6.08 Å². The third-order valence-corrected chi connectivity index (χ3v) is 4.73. The van der Waals surface area contributed by atoms with Crippen molar-refractivity contribution < 1.29 is 29.2 Å². The molecule has 0 bridgehead atoms. The van der Waals surface area contributed by atoms with E-state index in [0.29, 0.717) is 0 Å². The van der Waals surface area contributed by atoms with Crippen molar-refractivity contribution >= 4 is 0 Å². The minimum absolute atomic E-state index is 0.285. The van der Waals surface area contributed by atoms with E-state index < -0.39 is 43.6 Å². The van der Waals surface area contributed by atoms with Gasteiger partial charge in [-0.05, 0) is 19.8 Å². The molecule has 2 aliphatic rings. The largest absolute Gasteiger partial charge is 0.394 e. The van der Waals surface area contributed by atoms with Crippen molar-refractivity contribution in [3.8, 4) is 0 Å². The Morgan fingerprint density at radius 3 is 2.24 bits per heavy atom. The van der Waals surface area contributed by atoms with Crippen molar-refractivity contribution in [3.63, 3.8) is 0 Å². The molecule has 2 fully saturated rings. The predicted molar refractivity (Wildman–Crippen MR) is 135 cm³/mol.